The topological polar surface area (TPSA) is 49.4 Å². The molecular formula is C25H31ClN2O2. The predicted molar refractivity (Wildman–Crippen MR) is 121 cm³/mol. The summed E-state index contributed by atoms with van der Waals surface area (Å²) in [6.07, 6.45) is 4.58. The van der Waals surface area contributed by atoms with Gasteiger partial charge in [-0.2, -0.15) is 0 Å². The van der Waals surface area contributed by atoms with Gasteiger partial charge in [0.2, 0.25) is 11.8 Å². The third-order valence-electron chi connectivity index (χ3n) is 6.09. The molecule has 0 unspecified atom stereocenters. The zero-order chi connectivity index (χ0) is 21.7. The largest absolute Gasteiger partial charge is 0.352 e. The predicted octanol–water partition coefficient (Wildman–Crippen LogP) is 4.98. The maximum absolute atomic E-state index is 13.3. The summed E-state index contributed by atoms with van der Waals surface area (Å²) < 4.78 is 0. The van der Waals surface area contributed by atoms with Gasteiger partial charge in [-0.25, -0.2) is 0 Å². The SMILES string of the molecule is Cc1ccc(CC(=O)N(Cc2ccccc2Cl)[C@H](C)C(=O)NC2CCCC2)cc1C. The van der Waals surface area contributed by atoms with Crippen LogP contribution in [0.1, 0.15) is 54.9 Å². The van der Waals surface area contributed by atoms with E-state index in [4.69, 9.17) is 11.6 Å². The molecule has 0 heterocycles. The van der Waals surface area contributed by atoms with Crippen molar-refractivity contribution in [3.63, 3.8) is 0 Å². The number of amides is 2. The average Bonchev–Trinajstić information content (AvgIpc) is 3.22. The molecule has 1 atom stereocenters. The van der Waals surface area contributed by atoms with Gasteiger partial charge in [0.15, 0.2) is 0 Å². The van der Waals surface area contributed by atoms with Gasteiger partial charge in [-0.05, 0) is 61.9 Å². The van der Waals surface area contributed by atoms with Crippen molar-refractivity contribution in [2.24, 2.45) is 0 Å². The second-order valence-corrected chi connectivity index (χ2v) is 8.78. The molecule has 3 rings (SSSR count). The van der Waals surface area contributed by atoms with Crippen LogP contribution in [0.25, 0.3) is 0 Å². The Morgan fingerprint density at radius 1 is 1.10 bits per heavy atom. The summed E-state index contributed by atoms with van der Waals surface area (Å²) in [6, 6.07) is 13.2. The van der Waals surface area contributed by atoms with E-state index in [1.54, 1.807) is 11.8 Å². The molecule has 0 spiro atoms. The van der Waals surface area contributed by atoms with Gasteiger partial charge < -0.3 is 10.2 Å². The van der Waals surface area contributed by atoms with Gasteiger partial charge in [-0.15, -0.1) is 0 Å². The number of rotatable bonds is 7. The first-order chi connectivity index (χ1) is 14.3. The van der Waals surface area contributed by atoms with Crippen molar-refractivity contribution in [1.29, 1.82) is 0 Å². The highest BCUT2D eigenvalue weighted by Crippen LogP contribution is 2.21. The maximum atomic E-state index is 13.3. The van der Waals surface area contributed by atoms with Crippen molar-refractivity contribution < 1.29 is 9.59 Å². The molecule has 1 aliphatic rings. The Balaban J connectivity index is 1.79. The molecule has 1 saturated carbocycles. The summed E-state index contributed by atoms with van der Waals surface area (Å²) in [5.41, 5.74) is 4.15. The Morgan fingerprint density at radius 2 is 1.80 bits per heavy atom. The highest BCUT2D eigenvalue weighted by Gasteiger charge is 2.28. The van der Waals surface area contributed by atoms with Crippen LogP contribution in [-0.2, 0) is 22.6 Å². The van der Waals surface area contributed by atoms with Crippen molar-refractivity contribution in [1.82, 2.24) is 10.2 Å². The van der Waals surface area contributed by atoms with E-state index in [1.807, 2.05) is 49.4 Å². The number of benzene rings is 2. The van der Waals surface area contributed by atoms with Crippen molar-refractivity contribution in [2.75, 3.05) is 0 Å². The number of carbonyl (C=O) groups excluding carboxylic acids is 2. The van der Waals surface area contributed by atoms with E-state index in [1.165, 1.54) is 5.56 Å². The lowest BCUT2D eigenvalue weighted by atomic mass is 10.0. The monoisotopic (exact) mass is 426 g/mol. The van der Waals surface area contributed by atoms with Crippen LogP contribution in [0.5, 0.6) is 0 Å². The maximum Gasteiger partial charge on any atom is 0.242 e. The Morgan fingerprint density at radius 3 is 2.47 bits per heavy atom. The first-order valence-electron chi connectivity index (χ1n) is 10.7. The van der Waals surface area contributed by atoms with Gasteiger partial charge in [0.05, 0.1) is 6.42 Å². The molecule has 0 radical (unpaired) electrons. The van der Waals surface area contributed by atoms with E-state index >= 15 is 0 Å². The Kier molecular flexibility index (Phi) is 7.54. The average molecular weight is 427 g/mol. The Bertz CT molecular complexity index is 906. The molecule has 0 aromatic heterocycles. The molecule has 1 fully saturated rings. The van der Waals surface area contributed by atoms with Crippen molar-refractivity contribution in [3.8, 4) is 0 Å². The van der Waals surface area contributed by atoms with Gasteiger partial charge in [-0.1, -0.05) is 60.8 Å². The van der Waals surface area contributed by atoms with Crippen LogP contribution in [0.15, 0.2) is 42.5 Å². The third-order valence-corrected chi connectivity index (χ3v) is 6.46. The second kappa shape index (κ2) is 10.1. The van der Waals surface area contributed by atoms with Crippen molar-refractivity contribution >= 4 is 23.4 Å². The van der Waals surface area contributed by atoms with E-state index in [9.17, 15) is 9.59 Å². The lowest BCUT2D eigenvalue weighted by Crippen LogP contribution is -2.50. The van der Waals surface area contributed by atoms with Gasteiger partial charge >= 0.3 is 0 Å². The fourth-order valence-electron chi connectivity index (χ4n) is 3.97. The number of aryl methyl sites for hydroxylation is 2. The summed E-state index contributed by atoms with van der Waals surface area (Å²) in [5, 5.41) is 3.73. The molecule has 1 aliphatic carbocycles. The van der Waals surface area contributed by atoms with E-state index in [0.29, 0.717) is 11.6 Å². The van der Waals surface area contributed by atoms with Gasteiger partial charge in [0, 0.05) is 17.6 Å². The molecular weight excluding hydrogens is 396 g/mol. The highest BCUT2D eigenvalue weighted by atomic mass is 35.5. The van der Waals surface area contributed by atoms with E-state index in [-0.39, 0.29) is 24.3 Å². The number of halogens is 1. The lowest BCUT2D eigenvalue weighted by Gasteiger charge is -2.30. The van der Waals surface area contributed by atoms with Gasteiger partial charge in [0.1, 0.15) is 6.04 Å². The number of hydrogen-bond acceptors (Lipinski definition) is 2. The fourth-order valence-corrected chi connectivity index (χ4v) is 4.17. The molecule has 1 N–H and O–H groups in total. The third kappa shape index (κ3) is 5.63. The summed E-state index contributed by atoms with van der Waals surface area (Å²) in [6.45, 7) is 6.21. The van der Waals surface area contributed by atoms with E-state index in [2.05, 4.69) is 12.2 Å². The minimum absolute atomic E-state index is 0.0766. The zero-order valence-electron chi connectivity index (χ0n) is 18.1. The lowest BCUT2D eigenvalue weighted by molar-refractivity contribution is -0.140. The van der Waals surface area contributed by atoms with Gasteiger partial charge in [-0.3, -0.25) is 9.59 Å². The van der Waals surface area contributed by atoms with Crippen LogP contribution in [-0.4, -0.2) is 28.8 Å². The molecule has 0 aliphatic heterocycles. The molecule has 4 nitrogen and oxygen atoms in total. The van der Waals surface area contributed by atoms with Crippen LogP contribution in [0.2, 0.25) is 5.02 Å². The second-order valence-electron chi connectivity index (χ2n) is 8.37. The summed E-state index contributed by atoms with van der Waals surface area (Å²) in [4.78, 5) is 27.9. The molecule has 0 saturated heterocycles. The Hall–Kier alpha value is -2.33. The van der Waals surface area contributed by atoms with Crippen LogP contribution in [0, 0.1) is 13.8 Å². The van der Waals surface area contributed by atoms with Crippen LogP contribution >= 0.6 is 11.6 Å². The minimum atomic E-state index is -0.569. The van der Waals surface area contributed by atoms with Crippen molar-refractivity contribution in [3.05, 3.63) is 69.7 Å². The van der Waals surface area contributed by atoms with Crippen LogP contribution in [0.4, 0.5) is 0 Å². The molecule has 2 aromatic carbocycles. The van der Waals surface area contributed by atoms with E-state index in [0.717, 1.165) is 42.4 Å². The first-order valence-corrected chi connectivity index (χ1v) is 11.1. The van der Waals surface area contributed by atoms with Crippen LogP contribution < -0.4 is 5.32 Å². The van der Waals surface area contributed by atoms with Crippen molar-refractivity contribution in [2.45, 2.75) is 71.5 Å². The quantitative estimate of drug-likeness (QED) is 0.679. The molecule has 0 bridgehead atoms. The van der Waals surface area contributed by atoms with Crippen LogP contribution in [0.3, 0.4) is 0 Å². The summed E-state index contributed by atoms with van der Waals surface area (Å²) in [7, 11) is 0. The summed E-state index contributed by atoms with van der Waals surface area (Å²) >= 11 is 6.35. The van der Waals surface area contributed by atoms with Gasteiger partial charge in [0.25, 0.3) is 0 Å². The molecule has 2 aromatic rings. The standard InChI is InChI=1S/C25H31ClN2O2/c1-17-12-13-20(14-18(17)2)15-24(29)28(16-21-8-4-7-11-23(21)26)19(3)25(30)27-22-9-5-6-10-22/h4,7-8,11-14,19,22H,5-6,9-10,15-16H2,1-3H3,(H,27,30)/t19-/m1/s1. The molecule has 30 heavy (non-hydrogen) atoms. The minimum Gasteiger partial charge on any atom is -0.352 e. The molecule has 5 heteroatoms. The number of carbonyl (C=O) groups is 2. The van der Waals surface area contributed by atoms with E-state index < -0.39 is 6.04 Å². The fraction of sp³-hybridized carbons (Fsp3) is 0.440. The highest BCUT2D eigenvalue weighted by molar-refractivity contribution is 6.31. The molecule has 160 valence electrons. The molecule has 2 amide bonds. The zero-order valence-corrected chi connectivity index (χ0v) is 18.8. The number of hydrogen-bond donors (Lipinski definition) is 1. The number of nitrogens with one attached hydrogen (secondary N) is 1. The number of nitrogens with zero attached hydrogens (tertiary/aromatic N) is 1. The smallest absolute Gasteiger partial charge is 0.242 e. The Labute approximate surface area is 184 Å². The normalized spacial score (nSPS) is 15.1. The first kappa shape index (κ1) is 22.4. The summed E-state index contributed by atoms with van der Waals surface area (Å²) in [5.74, 6) is -0.172.